The van der Waals surface area contributed by atoms with Crippen LogP contribution in [-0.4, -0.2) is 36.4 Å². The molecule has 0 unspecified atom stereocenters. The lowest BCUT2D eigenvalue weighted by Crippen LogP contribution is -2.33. The molecular weight excluding hydrogens is 250 g/mol. The van der Waals surface area contributed by atoms with Gasteiger partial charge in [0.25, 0.3) is 0 Å². The zero-order valence-corrected chi connectivity index (χ0v) is 10.4. The van der Waals surface area contributed by atoms with Gasteiger partial charge in [0, 0.05) is 12.6 Å². The summed E-state index contributed by atoms with van der Waals surface area (Å²) in [5, 5.41) is 11.3. The molecule has 2 rings (SSSR count). The largest absolute Gasteiger partial charge is 0.442 e. The first kappa shape index (κ1) is 13.2. The predicted octanol–water partition coefficient (Wildman–Crippen LogP) is 0.949. The summed E-state index contributed by atoms with van der Waals surface area (Å²) in [5.41, 5.74) is 3.22. The van der Waals surface area contributed by atoms with Gasteiger partial charge < -0.3 is 10.1 Å². The molecule has 1 aromatic rings. The Bertz CT molecular complexity index is 474. The van der Waals surface area contributed by atoms with Crippen molar-refractivity contribution in [1.29, 1.82) is 0 Å². The number of hydrogen-bond acceptors (Lipinski definition) is 5. The third-order valence-electron chi connectivity index (χ3n) is 2.76. The monoisotopic (exact) mass is 265 g/mol. The lowest BCUT2D eigenvalue weighted by Gasteiger charge is -2.13. The summed E-state index contributed by atoms with van der Waals surface area (Å²) >= 11 is 0. The van der Waals surface area contributed by atoms with Crippen molar-refractivity contribution >= 4 is 23.4 Å². The summed E-state index contributed by atoms with van der Waals surface area (Å²) in [5.74, 6) is -0.159. The molecule has 7 nitrogen and oxygen atoms in total. The molecule has 0 saturated carbocycles. The van der Waals surface area contributed by atoms with Crippen molar-refractivity contribution in [2.24, 2.45) is 0 Å². The summed E-state index contributed by atoms with van der Waals surface area (Å²) in [4.78, 5) is 24.0. The molecule has 0 bridgehead atoms. The highest BCUT2D eigenvalue weighted by Gasteiger charge is 2.32. The lowest BCUT2D eigenvalue weighted by molar-refractivity contribution is -0.119. The van der Waals surface area contributed by atoms with Crippen LogP contribution in [0.5, 0.6) is 0 Å². The van der Waals surface area contributed by atoms with Crippen LogP contribution in [0.1, 0.15) is 6.92 Å². The fourth-order valence-corrected chi connectivity index (χ4v) is 1.81. The number of nitrogens with zero attached hydrogens (tertiary/aromatic N) is 1. The number of ether oxygens (including phenoxy) is 1. The molecule has 3 N–H and O–H groups in total. The Labute approximate surface area is 110 Å². The minimum absolute atomic E-state index is 0.159. The Balaban J connectivity index is 2.00. The van der Waals surface area contributed by atoms with Crippen molar-refractivity contribution in [1.82, 2.24) is 5.32 Å². The number of benzene rings is 1. The van der Waals surface area contributed by atoms with Crippen molar-refractivity contribution in [3.63, 3.8) is 0 Å². The van der Waals surface area contributed by atoms with Crippen LogP contribution in [0.15, 0.2) is 24.3 Å². The Kier molecular flexibility index (Phi) is 3.86. The minimum Gasteiger partial charge on any atom is -0.442 e. The van der Waals surface area contributed by atoms with E-state index >= 15 is 0 Å². The Hall–Kier alpha value is -2.28. The first-order chi connectivity index (χ1) is 9.10. The average Bonchev–Trinajstić information content (AvgIpc) is 2.78. The van der Waals surface area contributed by atoms with Crippen molar-refractivity contribution in [2.75, 3.05) is 23.5 Å². The maximum atomic E-state index is 11.7. The molecule has 0 radical (unpaired) electrons. The van der Waals surface area contributed by atoms with Gasteiger partial charge in [-0.15, -0.1) is 0 Å². The number of nitrogens with one attached hydrogen (secondary N) is 2. The molecule has 1 atom stereocenters. The number of cyclic esters (lactones) is 1. The van der Waals surface area contributed by atoms with Gasteiger partial charge in [-0.3, -0.25) is 20.4 Å². The molecule has 1 aliphatic rings. The van der Waals surface area contributed by atoms with E-state index in [-0.39, 0.29) is 12.0 Å². The quantitative estimate of drug-likeness (QED) is 0.705. The second-order valence-electron chi connectivity index (χ2n) is 4.21. The van der Waals surface area contributed by atoms with Crippen LogP contribution in [0.2, 0.25) is 0 Å². The van der Waals surface area contributed by atoms with E-state index in [9.17, 15) is 9.59 Å². The Morgan fingerprint density at radius 1 is 1.47 bits per heavy atom. The number of carbonyl (C=O) groups is 2. The Morgan fingerprint density at radius 3 is 2.74 bits per heavy atom. The molecule has 1 heterocycles. The van der Waals surface area contributed by atoms with Crippen LogP contribution in [0.3, 0.4) is 0 Å². The number of anilines is 2. The Morgan fingerprint density at radius 2 is 2.16 bits per heavy atom. The topological polar surface area (TPSA) is 90.9 Å². The highest BCUT2D eigenvalue weighted by atomic mass is 16.6. The molecule has 1 aromatic carbocycles. The van der Waals surface area contributed by atoms with Gasteiger partial charge in [-0.2, -0.15) is 0 Å². The molecule has 0 spiro atoms. The summed E-state index contributed by atoms with van der Waals surface area (Å²) < 4.78 is 5.14. The highest BCUT2D eigenvalue weighted by molar-refractivity contribution is 5.90. The van der Waals surface area contributed by atoms with Gasteiger partial charge >= 0.3 is 6.09 Å². The molecule has 102 valence electrons. The summed E-state index contributed by atoms with van der Waals surface area (Å²) in [6.07, 6.45) is -0.799. The van der Waals surface area contributed by atoms with Crippen LogP contribution in [0.25, 0.3) is 0 Å². The first-order valence-corrected chi connectivity index (χ1v) is 5.83. The molecule has 0 aliphatic carbocycles. The number of carbonyl (C=O) groups excluding carboxylic acids is 2. The van der Waals surface area contributed by atoms with E-state index in [2.05, 4.69) is 5.32 Å². The zero-order chi connectivity index (χ0) is 13.8. The zero-order valence-electron chi connectivity index (χ0n) is 10.4. The molecular formula is C12H15N3O4. The van der Waals surface area contributed by atoms with Crippen LogP contribution in [0.4, 0.5) is 16.2 Å². The predicted molar refractivity (Wildman–Crippen MR) is 68.1 cm³/mol. The van der Waals surface area contributed by atoms with Crippen molar-refractivity contribution in [3.8, 4) is 0 Å². The smallest absolute Gasteiger partial charge is 0.414 e. The molecule has 19 heavy (non-hydrogen) atoms. The van der Waals surface area contributed by atoms with Gasteiger partial charge in [-0.05, 0) is 24.3 Å². The summed E-state index contributed by atoms with van der Waals surface area (Å²) in [6.45, 7) is 2.09. The van der Waals surface area contributed by atoms with E-state index in [1.165, 1.54) is 11.8 Å². The van der Waals surface area contributed by atoms with Crippen LogP contribution in [0, 0.1) is 0 Å². The average molecular weight is 265 g/mol. The maximum Gasteiger partial charge on any atom is 0.414 e. The van der Waals surface area contributed by atoms with E-state index in [0.29, 0.717) is 24.5 Å². The fourth-order valence-electron chi connectivity index (χ4n) is 1.81. The SMILES string of the molecule is CC(=O)NC[C@H]1CN(c2ccc(NO)cc2)C(=O)O1. The summed E-state index contributed by atoms with van der Waals surface area (Å²) in [7, 11) is 0. The third-order valence-corrected chi connectivity index (χ3v) is 2.76. The third kappa shape index (κ3) is 3.14. The van der Waals surface area contributed by atoms with E-state index < -0.39 is 6.09 Å². The van der Waals surface area contributed by atoms with Gasteiger partial charge in [-0.25, -0.2) is 4.79 Å². The van der Waals surface area contributed by atoms with Crippen molar-refractivity contribution < 1.29 is 19.5 Å². The maximum absolute atomic E-state index is 11.7. The fraction of sp³-hybridized carbons (Fsp3) is 0.333. The number of amides is 2. The van der Waals surface area contributed by atoms with Crippen LogP contribution >= 0.6 is 0 Å². The molecule has 1 fully saturated rings. The highest BCUT2D eigenvalue weighted by Crippen LogP contribution is 2.23. The molecule has 2 amide bonds. The van der Waals surface area contributed by atoms with Gasteiger partial charge in [0.05, 0.1) is 18.8 Å². The van der Waals surface area contributed by atoms with Gasteiger partial charge in [-0.1, -0.05) is 0 Å². The second-order valence-corrected chi connectivity index (χ2v) is 4.21. The van der Waals surface area contributed by atoms with Gasteiger partial charge in [0.15, 0.2) is 0 Å². The molecule has 7 heteroatoms. The van der Waals surface area contributed by atoms with Crippen LogP contribution < -0.4 is 15.7 Å². The van der Waals surface area contributed by atoms with E-state index in [0.717, 1.165) is 0 Å². The summed E-state index contributed by atoms with van der Waals surface area (Å²) in [6, 6.07) is 6.68. The standard InChI is InChI=1S/C12H15N3O4/c1-8(16)13-6-11-7-15(12(17)19-11)10-4-2-9(14-18)3-5-10/h2-5,11,14,18H,6-7H2,1H3,(H,13,16)/t11-/m0/s1. The van der Waals surface area contributed by atoms with E-state index in [1.807, 2.05) is 5.48 Å². The van der Waals surface area contributed by atoms with Gasteiger partial charge in [0.1, 0.15) is 6.10 Å². The van der Waals surface area contributed by atoms with Gasteiger partial charge in [0.2, 0.25) is 5.91 Å². The lowest BCUT2D eigenvalue weighted by atomic mass is 10.2. The number of hydrogen-bond donors (Lipinski definition) is 3. The van der Waals surface area contributed by atoms with E-state index in [1.54, 1.807) is 24.3 Å². The van der Waals surface area contributed by atoms with E-state index in [4.69, 9.17) is 9.94 Å². The van der Waals surface area contributed by atoms with Crippen molar-refractivity contribution in [3.05, 3.63) is 24.3 Å². The van der Waals surface area contributed by atoms with Crippen molar-refractivity contribution in [2.45, 2.75) is 13.0 Å². The molecule has 0 aromatic heterocycles. The molecule has 1 aliphatic heterocycles. The number of rotatable bonds is 4. The minimum atomic E-state index is -0.444. The normalized spacial score (nSPS) is 18.1. The second kappa shape index (κ2) is 5.57. The van der Waals surface area contributed by atoms with Crippen LogP contribution in [-0.2, 0) is 9.53 Å². The first-order valence-electron chi connectivity index (χ1n) is 5.83. The molecule has 1 saturated heterocycles.